The fraction of sp³-hybridized carbons (Fsp3) is 0.179. The minimum atomic E-state index is -4.85. The molecule has 0 atom stereocenters. The number of hydrogen-bond acceptors (Lipinski definition) is 8. The summed E-state index contributed by atoms with van der Waals surface area (Å²) < 4.78 is 71.5. The lowest BCUT2D eigenvalue weighted by molar-refractivity contribution is 0.552. The van der Waals surface area contributed by atoms with Crippen molar-refractivity contribution in [3.8, 4) is 16.8 Å². The lowest BCUT2D eigenvalue weighted by Gasteiger charge is -2.19. The first-order valence-electron chi connectivity index (χ1n) is 12.6. The van der Waals surface area contributed by atoms with Gasteiger partial charge in [0.25, 0.3) is 0 Å². The Morgan fingerprint density at radius 2 is 1.85 bits per heavy atom. The Morgan fingerprint density at radius 1 is 1.07 bits per heavy atom. The lowest BCUT2D eigenvalue weighted by Crippen LogP contribution is -2.17. The SMILES string of the molecule is CCCSNc1ccc(F)c(-n2cc(-c3cncnc3)c3nc(N(C)Cc4cccc(S(=O)(=O)F)c4)ccc32)c1F. The summed E-state index contributed by atoms with van der Waals surface area (Å²) >= 11 is 1.33. The van der Waals surface area contributed by atoms with Crippen LogP contribution in [0.1, 0.15) is 18.9 Å². The predicted molar refractivity (Wildman–Crippen MR) is 155 cm³/mol. The predicted octanol–water partition coefficient (Wildman–Crippen LogP) is 6.53. The Bertz CT molecular complexity index is 1820. The van der Waals surface area contributed by atoms with Crippen molar-refractivity contribution in [2.24, 2.45) is 0 Å². The number of nitrogens with one attached hydrogen (secondary N) is 1. The van der Waals surface area contributed by atoms with Gasteiger partial charge in [0.05, 0.1) is 21.6 Å². The van der Waals surface area contributed by atoms with Crippen LogP contribution in [0, 0.1) is 11.6 Å². The van der Waals surface area contributed by atoms with E-state index >= 15 is 8.78 Å². The zero-order chi connectivity index (χ0) is 29.1. The highest BCUT2D eigenvalue weighted by atomic mass is 32.3. The van der Waals surface area contributed by atoms with Gasteiger partial charge in [0.1, 0.15) is 23.6 Å². The topological polar surface area (TPSA) is 93.0 Å². The van der Waals surface area contributed by atoms with Gasteiger partial charge in [-0.25, -0.2) is 23.7 Å². The Hall–Kier alpha value is -4.10. The quantitative estimate of drug-likeness (QED) is 0.110. The number of rotatable bonds is 10. The number of pyridine rings is 1. The molecule has 13 heteroatoms. The second-order valence-corrected chi connectivity index (χ2v) is 11.5. The third-order valence-corrected chi connectivity index (χ3v) is 8.08. The summed E-state index contributed by atoms with van der Waals surface area (Å²) in [4.78, 5) is 14.3. The molecular weight excluding hydrogens is 573 g/mol. The van der Waals surface area contributed by atoms with Crippen LogP contribution in [-0.4, -0.2) is 40.7 Å². The van der Waals surface area contributed by atoms with E-state index in [0.29, 0.717) is 33.5 Å². The standard InChI is InChI=1S/C28H25F3N6O2S2/c1-3-11-40-35-23-8-7-22(29)28(26(23)30)37-16-21(19-13-32-17-33-14-19)27-24(37)9-10-25(34-27)36(2)15-18-5-4-6-20(12-18)41(31,38)39/h4-10,12-14,16-17,35H,3,11,15H2,1-2H3. The van der Waals surface area contributed by atoms with E-state index in [4.69, 9.17) is 4.98 Å². The Kier molecular flexibility index (Phi) is 8.18. The molecule has 0 amide bonds. The van der Waals surface area contributed by atoms with Crippen LogP contribution in [0.3, 0.4) is 0 Å². The van der Waals surface area contributed by atoms with E-state index in [9.17, 15) is 12.3 Å². The molecule has 5 rings (SSSR count). The molecule has 0 bridgehead atoms. The maximum absolute atomic E-state index is 15.7. The van der Waals surface area contributed by atoms with E-state index in [2.05, 4.69) is 14.7 Å². The number of anilines is 2. The molecule has 0 aliphatic heterocycles. The summed E-state index contributed by atoms with van der Waals surface area (Å²) in [6.45, 7) is 2.23. The van der Waals surface area contributed by atoms with E-state index in [1.165, 1.54) is 53.2 Å². The molecule has 3 aromatic heterocycles. The second-order valence-electron chi connectivity index (χ2n) is 9.23. The van der Waals surface area contributed by atoms with Gasteiger partial charge in [-0.1, -0.05) is 31.0 Å². The molecule has 0 spiro atoms. The van der Waals surface area contributed by atoms with Crippen LogP contribution in [0.4, 0.5) is 24.2 Å². The molecule has 0 fully saturated rings. The molecule has 212 valence electrons. The number of fused-ring (bicyclic) bond motifs is 1. The van der Waals surface area contributed by atoms with Gasteiger partial charge in [0.2, 0.25) is 0 Å². The normalized spacial score (nSPS) is 11.6. The van der Waals surface area contributed by atoms with Crippen LogP contribution in [-0.2, 0) is 16.8 Å². The molecule has 0 unspecified atom stereocenters. The van der Waals surface area contributed by atoms with Crippen molar-refractivity contribution in [3.05, 3.63) is 90.6 Å². The molecule has 0 saturated carbocycles. The van der Waals surface area contributed by atoms with E-state index in [0.717, 1.165) is 12.2 Å². The monoisotopic (exact) mass is 598 g/mol. The molecule has 0 aliphatic rings. The van der Waals surface area contributed by atoms with Gasteiger partial charge < -0.3 is 14.2 Å². The molecule has 2 aromatic carbocycles. The summed E-state index contributed by atoms with van der Waals surface area (Å²) in [5, 5.41) is 0. The number of hydrogen-bond donors (Lipinski definition) is 1. The van der Waals surface area contributed by atoms with Crippen molar-refractivity contribution in [2.45, 2.75) is 24.8 Å². The van der Waals surface area contributed by atoms with E-state index < -0.39 is 26.8 Å². The van der Waals surface area contributed by atoms with E-state index in [1.807, 2.05) is 6.92 Å². The highest BCUT2D eigenvalue weighted by Gasteiger charge is 2.22. The summed E-state index contributed by atoms with van der Waals surface area (Å²) in [7, 11) is -3.10. The number of aromatic nitrogens is 4. The molecule has 8 nitrogen and oxygen atoms in total. The zero-order valence-corrected chi connectivity index (χ0v) is 23.7. The van der Waals surface area contributed by atoms with Gasteiger partial charge in [-0.15, -0.1) is 3.89 Å². The van der Waals surface area contributed by atoms with Crippen molar-refractivity contribution < 1.29 is 21.1 Å². The van der Waals surface area contributed by atoms with Gasteiger partial charge in [0.15, 0.2) is 5.82 Å². The van der Waals surface area contributed by atoms with E-state index in [1.54, 1.807) is 48.7 Å². The highest BCUT2D eigenvalue weighted by molar-refractivity contribution is 8.00. The van der Waals surface area contributed by atoms with Gasteiger partial charge in [-0.3, -0.25) is 0 Å². The van der Waals surface area contributed by atoms with Crippen molar-refractivity contribution in [2.75, 3.05) is 22.4 Å². The molecule has 41 heavy (non-hydrogen) atoms. The first kappa shape index (κ1) is 28.4. The van der Waals surface area contributed by atoms with Gasteiger partial charge in [-0.05, 0) is 48.4 Å². The van der Waals surface area contributed by atoms with Crippen LogP contribution < -0.4 is 9.62 Å². The molecule has 0 saturated heterocycles. The fourth-order valence-corrected chi connectivity index (χ4v) is 5.52. The summed E-state index contributed by atoms with van der Waals surface area (Å²) in [6.07, 6.45) is 7.03. The van der Waals surface area contributed by atoms with Gasteiger partial charge in [-0.2, -0.15) is 8.42 Å². The Labute approximate surface area is 239 Å². The van der Waals surface area contributed by atoms with Crippen molar-refractivity contribution in [1.29, 1.82) is 0 Å². The summed E-state index contributed by atoms with van der Waals surface area (Å²) in [6, 6.07) is 11.6. The van der Waals surface area contributed by atoms with Gasteiger partial charge in [0, 0.05) is 49.1 Å². The summed E-state index contributed by atoms with van der Waals surface area (Å²) in [5.41, 5.74) is 2.50. The summed E-state index contributed by atoms with van der Waals surface area (Å²) in [5.74, 6) is -0.241. The van der Waals surface area contributed by atoms with Gasteiger partial charge >= 0.3 is 10.2 Å². The Morgan fingerprint density at radius 3 is 2.59 bits per heavy atom. The first-order chi connectivity index (χ1) is 19.7. The Balaban J connectivity index is 1.60. The smallest absolute Gasteiger partial charge is 0.332 e. The fourth-order valence-electron chi connectivity index (χ4n) is 4.36. The third-order valence-electron chi connectivity index (χ3n) is 6.29. The lowest BCUT2D eigenvalue weighted by atomic mass is 10.1. The molecular formula is C28H25F3N6O2S2. The van der Waals surface area contributed by atoms with Crippen LogP contribution >= 0.6 is 11.9 Å². The van der Waals surface area contributed by atoms with Crippen LogP contribution in [0.5, 0.6) is 0 Å². The minimum absolute atomic E-state index is 0.160. The maximum atomic E-state index is 15.7. The largest absolute Gasteiger partial charge is 0.355 e. The number of nitrogens with zero attached hydrogens (tertiary/aromatic N) is 5. The average molecular weight is 599 g/mol. The molecule has 3 heterocycles. The average Bonchev–Trinajstić information content (AvgIpc) is 3.33. The minimum Gasteiger partial charge on any atom is -0.355 e. The second kappa shape index (κ2) is 11.8. The molecule has 1 N–H and O–H groups in total. The van der Waals surface area contributed by atoms with E-state index in [-0.39, 0.29) is 17.9 Å². The number of halogens is 3. The van der Waals surface area contributed by atoms with Crippen molar-refractivity contribution >= 4 is 44.7 Å². The maximum Gasteiger partial charge on any atom is 0.332 e. The molecule has 0 radical (unpaired) electrons. The van der Waals surface area contributed by atoms with Crippen molar-refractivity contribution in [1.82, 2.24) is 19.5 Å². The third kappa shape index (κ3) is 6.00. The molecule has 0 aliphatic carbocycles. The van der Waals surface area contributed by atoms with Crippen LogP contribution in [0.15, 0.2) is 78.3 Å². The van der Waals surface area contributed by atoms with Crippen molar-refractivity contribution in [3.63, 3.8) is 0 Å². The van der Waals surface area contributed by atoms with Crippen LogP contribution in [0.25, 0.3) is 27.8 Å². The van der Waals surface area contributed by atoms with Crippen LogP contribution in [0.2, 0.25) is 0 Å². The first-order valence-corrected chi connectivity index (χ1v) is 14.9. The zero-order valence-electron chi connectivity index (χ0n) is 22.1. The highest BCUT2D eigenvalue weighted by Crippen LogP contribution is 2.35. The molecule has 5 aromatic rings. The number of benzene rings is 2.